The van der Waals surface area contributed by atoms with Crippen LogP contribution in [-0.4, -0.2) is 46.8 Å². The maximum absolute atomic E-state index is 12.1. The first-order chi connectivity index (χ1) is 9.08. The third-order valence-electron chi connectivity index (χ3n) is 3.43. The van der Waals surface area contributed by atoms with Crippen molar-refractivity contribution in [3.8, 4) is 0 Å². The summed E-state index contributed by atoms with van der Waals surface area (Å²) in [5, 5.41) is 9.97. The average Bonchev–Trinajstić information content (AvgIpc) is 2.87. The van der Waals surface area contributed by atoms with E-state index in [1.165, 1.54) is 0 Å². The average molecular weight is 266 g/mol. The van der Waals surface area contributed by atoms with Gasteiger partial charge in [-0.05, 0) is 17.5 Å². The molecule has 106 valence electrons. The number of aliphatic hydroxyl groups excluding tert-OH is 1. The maximum Gasteiger partial charge on any atom is 0.242 e. The molecule has 5 nitrogen and oxygen atoms in total. The molecule has 1 aromatic heterocycles. The Morgan fingerprint density at radius 2 is 2.11 bits per heavy atom. The van der Waals surface area contributed by atoms with E-state index in [4.69, 9.17) is 4.74 Å². The summed E-state index contributed by atoms with van der Waals surface area (Å²) in [6.45, 7) is 6.85. The van der Waals surface area contributed by atoms with E-state index in [0.29, 0.717) is 32.8 Å². The minimum atomic E-state index is -0.472. The molecule has 0 aromatic carbocycles. The Bertz CT molecular complexity index is 422. The van der Waals surface area contributed by atoms with Crippen LogP contribution in [0.4, 0.5) is 0 Å². The molecule has 1 saturated heterocycles. The van der Waals surface area contributed by atoms with Gasteiger partial charge in [-0.15, -0.1) is 0 Å². The fourth-order valence-corrected chi connectivity index (χ4v) is 2.19. The number of hydrogen-bond acceptors (Lipinski definition) is 3. The van der Waals surface area contributed by atoms with Gasteiger partial charge in [-0.2, -0.15) is 0 Å². The van der Waals surface area contributed by atoms with Gasteiger partial charge < -0.3 is 19.3 Å². The number of hydrogen-bond donors (Lipinski definition) is 1. The summed E-state index contributed by atoms with van der Waals surface area (Å²) >= 11 is 0. The molecule has 1 aromatic rings. The SMILES string of the molecule is CC(C)C(O)c1ccn(CC(=O)N2CCOCC2)c1. The van der Waals surface area contributed by atoms with Gasteiger partial charge in [0.25, 0.3) is 0 Å². The van der Waals surface area contributed by atoms with Gasteiger partial charge in [0, 0.05) is 25.5 Å². The van der Waals surface area contributed by atoms with Crippen molar-refractivity contribution in [2.45, 2.75) is 26.5 Å². The Balaban J connectivity index is 1.94. The highest BCUT2D eigenvalue weighted by Gasteiger charge is 2.18. The van der Waals surface area contributed by atoms with Crippen LogP contribution in [0.2, 0.25) is 0 Å². The van der Waals surface area contributed by atoms with Gasteiger partial charge in [-0.3, -0.25) is 4.79 Å². The first kappa shape index (κ1) is 14.1. The lowest BCUT2D eigenvalue weighted by molar-refractivity contribution is -0.135. The molecular weight excluding hydrogens is 244 g/mol. The summed E-state index contributed by atoms with van der Waals surface area (Å²) in [5.41, 5.74) is 0.866. The Hall–Kier alpha value is -1.33. The zero-order valence-corrected chi connectivity index (χ0v) is 11.6. The van der Waals surface area contributed by atoms with Crippen LogP contribution in [0.25, 0.3) is 0 Å². The maximum atomic E-state index is 12.1. The lowest BCUT2D eigenvalue weighted by Crippen LogP contribution is -2.42. The summed E-state index contributed by atoms with van der Waals surface area (Å²) in [4.78, 5) is 13.9. The summed E-state index contributed by atoms with van der Waals surface area (Å²) < 4.78 is 7.06. The van der Waals surface area contributed by atoms with Crippen molar-refractivity contribution in [1.29, 1.82) is 0 Å². The summed E-state index contributed by atoms with van der Waals surface area (Å²) in [5.74, 6) is 0.273. The molecule has 0 saturated carbocycles. The molecule has 0 bridgehead atoms. The third kappa shape index (κ3) is 3.58. The number of ether oxygens (including phenoxy) is 1. The molecule has 1 atom stereocenters. The van der Waals surface area contributed by atoms with Crippen LogP contribution in [-0.2, 0) is 16.1 Å². The Morgan fingerprint density at radius 3 is 2.74 bits per heavy atom. The molecule has 1 aliphatic rings. The minimum absolute atomic E-state index is 0.101. The molecule has 1 unspecified atom stereocenters. The van der Waals surface area contributed by atoms with Gasteiger partial charge >= 0.3 is 0 Å². The monoisotopic (exact) mass is 266 g/mol. The third-order valence-corrected chi connectivity index (χ3v) is 3.43. The van der Waals surface area contributed by atoms with Gasteiger partial charge in [0.1, 0.15) is 6.54 Å². The predicted octanol–water partition coefficient (Wildman–Crippen LogP) is 1.04. The van der Waals surface area contributed by atoms with E-state index in [0.717, 1.165) is 5.56 Å². The van der Waals surface area contributed by atoms with Crippen LogP contribution in [0.5, 0.6) is 0 Å². The van der Waals surface area contributed by atoms with E-state index in [1.807, 2.05) is 41.8 Å². The molecule has 0 aliphatic carbocycles. The molecule has 0 spiro atoms. The highest BCUT2D eigenvalue weighted by atomic mass is 16.5. The number of carbonyl (C=O) groups excluding carboxylic acids is 1. The van der Waals surface area contributed by atoms with Crippen LogP contribution in [0, 0.1) is 5.92 Å². The predicted molar refractivity (Wildman–Crippen MR) is 71.6 cm³/mol. The summed E-state index contributed by atoms with van der Waals surface area (Å²) in [7, 11) is 0. The van der Waals surface area contributed by atoms with Crippen molar-refractivity contribution >= 4 is 5.91 Å². The Kier molecular flexibility index (Phi) is 4.61. The quantitative estimate of drug-likeness (QED) is 0.886. The van der Waals surface area contributed by atoms with Crippen molar-refractivity contribution in [1.82, 2.24) is 9.47 Å². The van der Waals surface area contributed by atoms with E-state index in [2.05, 4.69) is 0 Å². The second kappa shape index (κ2) is 6.21. The van der Waals surface area contributed by atoms with Gasteiger partial charge in [-0.1, -0.05) is 13.8 Å². The molecule has 19 heavy (non-hydrogen) atoms. The van der Waals surface area contributed by atoms with Crippen molar-refractivity contribution in [3.05, 3.63) is 24.0 Å². The van der Waals surface area contributed by atoms with Gasteiger partial charge in [0.05, 0.1) is 19.3 Å². The number of rotatable bonds is 4. The molecule has 0 radical (unpaired) electrons. The molecule has 1 N–H and O–H groups in total. The zero-order valence-electron chi connectivity index (χ0n) is 11.6. The molecule has 5 heteroatoms. The first-order valence-corrected chi connectivity index (χ1v) is 6.77. The first-order valence-electron chi connectivity index (χ1n) is 6.77. The minimum Gasteiger partial charge on any atom is -0.388 e. The smallest absolute Gasteiger partial charge is 0.242 e. The van der Waals surface area contributed by atoms with Gasteiger partial charge in [0.2, 0.25) is 5.91 Å². The van der Waals surface area contributed by atoms with Crippen molar-refractivity contribution in [2.75, 3.05) is 26.3 Å². The molecule has 1 fully saturated rings. The second-order valence-corrected chi connectivity index (χ2v) is 5.30. The molecule has 2 rings (SSSR count). The second-order valence-electron chi connectivity index (χ2n) is 5.30. The topological polar surface area (TPSA) is 54.7 Å². The molecular formula is C14H22N2O3. The fraction of sp³-hybridized carbons (Fsp3) is 0.643. The van der Waals surface area contributed by atoms with Crippen LogP contribution >= 0.6 is 0 Å². The standard InChI is InChI=1S/C14H22N2O3/c1-11(2)14(18)12-3-4-15(9-12)10-13(17)16-5-7-19-8-6-16/h3-4,9,11,14,18H,5-8,10H2,1-2H3. The van der Waals surface area contributed by atoms with Crippen LogP contribution in [0.3, 0.4) is 0 Å². The number of amides is 1. The number of aromatic nitrogens is 1. The zero-order chi connectivity index (χ0) is 13.8. The fourth-order valence-electron chi connectivity index (χ4n) is 2.19. The molecule has 1 amide bonds. The Morgan fingerprint density at radius 1 is 1.42 bits per heavy atom. The largest absolute Gasteiger partial charge is 0.388 e. The Labute approximate surface area is 113 Å². The van der Waals surface area contributed by atoms with Crippen molar-refractivity contribution in [3.63, 3.8) is 0 Å². The van der Waals surface area contributed by atoms with Crippen LogP contribution in [0.15, 0.2) is 18.5 Å². The van der Waals surface area contributed by atoms with Gasteiger partial charge in [0.15, 0.2) is 0 Å². The molecule has 2 heterocycles. The van der Waals surface area contributed by atoms with E-state index in [9.17, 15) is 9.90 Å². The van der Waals surface area contributed by atoms with E-state index in [1.54, 1.807) is 0 Å². The van der Waals surface area contributed by atoms with E-state index < -0.39 is 6.10 Å². The number of aliphatic hydroxyl groups is 1. The number of carbonyl (C=O) groups is 1. The highest BCUT2D eigenvalue weighted by molar-refractivity contribution is 5.76. The number of nitrogens with zero attached hydrogens (tertiary/aromatic N) is 2. The lowest BCUT2D eigenvalue weighted by atomic mass is 10.0. The summed E-state index contributed by atoms with van der Waals surface area (Å²) in [6.07, 6.45) is 3.22. The van der Waals surface area contributed by atoms with Crippen LogP contribution < -0.4 is 0 Å². The molecule has 1 aliphatic heterocycles. The van der Waals surface area contributed by atoms with E-state index >= 15 is 0 Å². The van der Waals surface area contributed by atoms with Crippen molar-refractivity contribution in [2.24, 2.45) is 5.92 Å². The lowest BCUT2D eigenvalue weighted by Gasteiger charge is -2.27. The summed E-state index contributed by atoms with van der Waals surface area (Å²) in [6, 6.07) is 1.87. The van der Waals surface area contributed by atoms with E-state index in [-0.39, 0.29) is 11.8 Å². The van der Waals surface area contributed by atoms with Crippen LogP contribution in [0.1, 0.15) is 25.5 Å². The number of morpholine rings is 1. The normalized spacial score (nSPS) is 17.8. The van der Waals surface area contributed by atoms with Gasteiger partial charge in [-0.25, -0.2) is 0 Å². The van der Waals surface area contributed by atoms with Crippen molar-refractivity contribution < 1.29 is 14.6 Å². The highest BCUT2D eigenvalue weighted by Crippen LogP contribution is 2.21.